The van der Waals surface area contributed by atoms with Crippen molar-refractivity contribution in [2.45, 2.75) is 91.4 Å². The third kappa shape index (κ3) is 12.7. The number of thiocarbonyl (C=S) groups is 2. The van der Waals surface area contributed by atoms with Crippen LogP contribution in [0.4, 0.5) is 0 Å². The van der Waals surface area contributed by atoms with E-state index in [1.165, 1.54) is 48.8 Å². The van der Waals surface area contributed by atoms with Crippen molar-refractivity contribution in [3.05, 3.63) is 119 Å². The number of unbranched alkanes of at least 4 members (excludes halogenated alkanes) is 5. The van der Waals surface area contributed by atoms with Gasteiger partial charge in [0.05, 0.1) is 12.2 Å². The molecule has 252 valence electrons. The Morgan fingerprint density at radius 1 is 0.604 bits per heavy atom. The molecule has 0 saturated heterocycles. The number of hydrogen-bond donors (Lipinski definition) is 0. The molecular formula is C43H50O3S2. The van der Waals surface area contributed by atoms with Crippen LogP contribution in [0, 0.1) is 5.92 Å². The van der Waals surface area contributed by atoms with Crippen LogP contribution in [0.5, 0.6) is 11.5 Å². The molecule has 5 heteroatoms. The van der Waals surface area contributed by atoms with Crippen LogP contribution in [-0.4, -0.2) is 22.3 Å². The lowest BCUT2D eigenvalue weighted by Gasteiger charge is -2.10. The van der Waals surface area contributed by atoms with Crippen LogP contribution < -0.4 is 9.47 Å². The second-order valence-electron chi connectivity index (χ2n) is 12.9. The van der Waals surface area contributed by atoms with Crippen LogP contribution in [0.15, 0.2) is 97.1 Å². The Labute approximate surface area is 299 Å². The first-order valence-corrected chi connectivity index (χ1v) is 18.4. The minimum Gasteiger partial charge on any atom is -0.494 e. The third-order valence-corrected chi connectivity index (χ3v) is 9.31. The first-order chi connectivity index (χ1) is 23.3. The molecule has 4 aromatic rings. The molecule has 0 amide bonds. The van der Waals surface area contributed by atoms with Crippen molar-refractivity contribution in [1.29, 1.82) is 0 Å². The molecule has 3 nitrogen and oxygen atoms in total. The summed E-state index contributed by atoms with van der Waals surface area (Å²) in [6.07, 6.45) is 12.0. The van der Waals surface area contributed by atoms with Gasteiger partial charge in [-0.05, 0) is 87.8 Å². The first kappa shape index (κ1) is 37.2. The highest BCUT2D eigenvalue weighted by Gasteiger charge is 2.10. The van der Waals surface area contributed by atoms with Gasteiger partial charge in [-0.2, -0.15) is 0 Å². The molecule has 0 bridgehead atoms. The molecule has 4 rings (SSSR count). The van der Waals surface area contributed by atoms with Gasteiger partial charge in [-0.1, -0.05) is 144 Å². The maximum atomic E-state index is 12.7. The summed E-state index contributed by atoms with van der Waals surface area (Å²) >= 11 is 11.4. The Kier molecular flexibility index (Phi) is 15.5. The van der Waals surface area contributed by atoms with E-state index in [1.807, 2.05) is 36.4 Å². The molecule has 0 heterocycles. The molecule has 0 N–H and O–H groups in total. The molecule has 0 aliphatic carbocycles. The lowest BCUT2D eigenvalue weighted by Crippen LogP contribution is -2.08. The van der Waals surface area contributed by atoms with Crippen molar-refractivity contribution < 1.29 is 14.3 Å². The summed E-state index contributed by atoms with van der Waals surface area (Å²) in [7, 11) is 0. The summed E-state index contributed by atoms with van der Waals surface area (Å²) in [4.78, 5) is 14.9. The van der Waals surface area contributed by atoms with Gasteiger partial charge in [0.1, 0.15) is 11.5 Å². The average molecular weight is 679 g/mol. The Bertz CT molecular complexity index is 1570. The number of rotatable bonds is 20. The molecule has 0 radical (unpaired) electrons. The molecule has 0 spiro atoms. The highest BCUT2D eigenvalue weighted by atomic mass is 32.1. The number of carbonyl (C=O) groups excluding carboxylic acids is 1. The van der Waals surface area contributed by atoms with E-state index in [2.05, 4.69) is 69.3 Å². The van der Waals surface area contributed by atoms with Gasteiger partial charge in [0, 0.05) is 24.1 Å². The Hall–Kier alpha value is -3.67. The van der Waals surface area contributed by atoms with Gasteiger partial charge >= 0.3 is 5.97 Å². The normalized spacial score (nSPS) is 11.6. The molecule has 48 heavy (non-hydrogen) atoms. The van der Waals surface area contributed by atoms with Gasteiger partial charge < -0.3 is 9.47 Å². The van der Waals surface area contributed by atoms with Crippen molar-refractivity contribution in [1.82, 2.24) is 0 Å². The van der Waals surface area contributed by atoms with Crippen molar-refractivity contribution in [3.63, 3.8) is 0 Å². The fourth-order valence-corrected chi connectivity index (χ4v) is 6.37. The van der Waals surface area contributed by atoms with E-state index in [0.717, 1.165) is 65.1 Å². The number of ether oxygens (including phenoxy) is 2. The Morgan fingerprint density at radius 2 is 1.08 bits per heavy atom. The SMILES string of the molecule is CCCCCCCCOc1ccc(C(=O)Oc2ccc(-c3ccc(CC(=S)Cc4ccc(CC(=S)CC(C)CC)cc4)cc3)cc2)cc1. The molecule has 0 saturated carbocycles. The lowest BCUT2D eigenvalue weighted by atomic mass is 9.97. The summed E-state index contributed by atoms with van der Waals surface area (Å²) in [5.41, 5.74) is 6.35. The molecular weight excluding hydrogens is 629 g/mol. The summed E-state index contributed by atoms with van der Waals surface area (Å²) in [5.74, 6) is 1.55. The number of esters is 1. The molecule has 1 atom stereocenters. The molecule has 0 aliphatic rings. The van der Waals surface area contributed by atoms with E-state index in [-0.39, 0.29) is 5.97 Å². The van der Waals surface area contributed by atoms with Crippen molar-refractivity contribution >= 4 is 40.1 Å². The number of hydrogen-bond acceptors (Lipinski definition) is 5. The smallest absolute Gasteiger partial charge is 0.343 e. The molecule has 0 aromatic heterocycles. The fourth-order valence-electron chi connectivity index (χ4n) is 5.58. The van der Waals surface area contributed by atoms with Crippen LogP contribution >= 0.6 is 24.4 Å². The predicted octanol–water partition coefficient (Wildman–Crippen LogP) is 11.8. The second-order valence-corrected chi connectivity index (χ2v) is 14.0. The van der Waals surface area contributed by atoms with E-state index in [4.69, 9.17) is 33.9 Å². The number of carbonyl (C=O) groups is 1. The van der Waals surface area contributed by atoms with Gasteiger partial charge in [-0.3, -0.25) is 0 Å². The second kappa shape index (κ2) is 20.0. The zero-order valence-electron chi connectivity index (χ0n) is 28.8. The van der Waals surface area contributed by atoms with E-state index < -0.39 is 0 Å². The standard InChI is InChI=1S/C43H50O3S2/c1-4-6-7-8-9-10-27-45-39-23-21-38(22-24-39)43(44)46-40-25-19-37(20-26-40)36-17-15-35(16-18-36)31-42(48)30-34-13-11-33(12-14-34)29-41(47)28-32(3)5-2/h11-26,32H,4-10,27-31H2,1-3H3. The first-order valence-electron chi connectivity index (χ1n) is 17.6. The van der Waals surface area contributed by atoms with Gasteiger partial charge in [-0.25, -0.2) is 4.79 Å². The van der Waals surface area contributed by atoms with Crippen LogP contribution in [0.3, 0.4) is 0 Å². The van der Waals surface area contributed by atoms with E-state index in [9.17, 15) is 4.79 Å². The summed E-state index contributed by atoms with van der Waals surface area (Å²) < 4.78 is 11.5. The minimum absolute atomic E-state index is 0.386. The van der Waals surface area contributed by atoms with Gasteiger partial charge in [0.2, 0.25) is 0 Å². The highest BCUT2D eigenvalue weighted by molar-refractivity contribution is 7.80. The summed E-state index contributed by atoms with van der Waals surface area (Å²) in [6.45, 7) is 7.40. The van der Waals surface area contributed by atoms with E-state index in [0.29, 0.717) is 23.8 Å². The third-order valence-electron chi connectivity index (χ3n) is 8.71. The quantitative estimate of drug-likeness (QED) is 0.0402. The van der Waals surface area contributed by atoms with E-state index >= 15 is 0 Å². The summed E-state index contributed by atoms with van der Waals surface area (Å²) in [6, 6.07) is 32.0. The Morgan fingerprint density at radius 3 is 1.65 bits per heavy atom. The van der Waals surface area contributed by atoms with Crippen molar-refractivity contribution in [2.75, 3.05) is 6.61 Å². The monoisotopic (exact) mass is 678 g/mol. The van der Waals surface area contributed by atoms with Gasteiger partial charge in [0.15, 0.2) is 0 Å². The molecule has 4 aromatic carbocycles. The topological polar surface area (TPSA) is 35.5 Å². The van der Waals surface area contributed by atoms with Crippen molar-refractivity contribution in [3.8, 4) is 22.6 Å². The highest BCUT2D eigenvalue weighted by Crippen LogP contribution is 2.24. The zero-order chi connectivity index (χ0) is 34.1. The van der Waals surface area contributed by atoms with Gasteiger partial charge in [-0.15, -0.1) is 0 Å². The van der Waals surface area contributed by atoms with Gasteiger partial charge in [0.25, 0.3) is 0 Å². The predicted molar refractivity (Wildman–Crippen MR) is 209 cm³/mol. The largest absolute Gasteiger partial charge is 0.494 e. The van der Waals surface area contributed by atoms with Crippen molar-refractivity contribution in [2.24, 2.45) is 5.92 Å². The average Bonchev–Trinajstić information content (AvgIpc) is 3.09. The zero-order valence-corrected chi connectivity index (χ0v) is 30.5. The van der Waals surface area contributed by atoms with Crippen LogP contribution in [0.2, 0.25) is 0 Å². The maximum Gasteiger partial charge on any atom is 0.343 e. The molecule has 0 aliphatic heterocycles. The maximum absolute atomic E-state index is 12.7. The lowest BCUT2D eigenvalue weighted by molar-refractivity contribution is 0.0734. The summed E-state index contributed by atoms with van der Waals surface area (Å²) in [5, 5.41) is 0. The Balaban J connectivity index is 1.20. The molecule has 1 unspecified atom stereocenters. The fraction of sp³-hybridized carbons (Fsp3) is 0.372. The number of benzene rings is 4. The van der Waals surface area contributed by atoms with Crippen LogP contribution in [-0.2, 0) is 19.3 Å². The van der Waals surface area contributed by atoms with Crippen LogP contribution in [0.25, 0.3) is 11.1 Å². The minimum atomic E-state index is -0.386. The van der Waals surface area contributed by atoms with E-state index in [1.54, 1.807) is 12.1 Å². The van der Waals surface area contributed by atoms with Crippen LogP contribution in [0.1, 0.15) is 99.2 Å². The molecule has 0 fully saturated rings.